The van der Waals surface area contributed by atoms with Crippen LogP contribution in [0.5, 0.6) is 11.5 Å². The van der Waals surface area contributed by atoms with Crippen molar-refractivity contribution in [2.75, 3.05) is 0 Å². The lowest BCUT2D eigenvalue weighted by Gasteiger charge is -2.25. The first-order valence-electron chi connectivity index (χ1n) is 5.46. The van der Waals surface area contributed by atoms with Crippen molar-refractivity contribution in [2.24, 2.45) is 0 Å². The Bertz CT molecular complexity index is 637. The summed E-state index contributed by atoms with van der Waals surface area (Å²) in [7, 11) is 0. The van der Waals surface area contributed by atoms with E-state index in [9.17, 15) is 14.3 Å². The maximum atomic E-state index is 13.2. The Kier molecular flexibility index (Phi) is 2.30. The van der Waals surface area contributed by atoms with Gasteiger partial charge < -0.3 is 9.84 Å². The molecule has 0 bridgehead atoms. The molecule has 0 saturated carbocycles. The molecule has 0 saturated heterocycles. The third-order valence-electron chi connectivity index (χ3n) is 2.98. The van der Waals surface area contributed by atoms with Crippen molar-refractivity contribution in [3.8, 4) is 11.5 Å². The van der Waals surface area contributed by atoms with Gasteiger partial charge in [0.05, 0.1) is 0 Å². The van der Waals surface area contributed by atoms with Gasteiger partial charge in [0.25, 0.3) is 0 Å². The van der Waals surface area contributed by atoms with Gasteiger partial charge in [-0.15, -0.1) is 0 Å². The molecule has 90 valence electrons. The van der Waals surface area contributed by atoms with Gasteiger partial charge in [0.15, 0.2) is 0 Å². The molecule has 1 atom stereocenters. The predicted molar refractivity (Wildman–Crippen MR) is 62.4 cm³/mol. The summed E-state index contributed by atoms with van der Waals surface area (Å²) in [6.45, 7) is 0. The SMILES string of the molecule is O=C(O)C1c2ccccc2Oc2cc(F)ccc21. The molecule has 0 aliphatic carbocycles. The zero-order chi connectivity index (χ0) is 12.7. The molecular weight excluding hydrogens is 235 g/mol. The maximum absolute atomic E-state index is 13.2. The Morgan fingerprint density at radius 2 is 1.83 bits per heavy atom. The minimum atomic E-state index is -0.974. The topological polar surface area (TPSA) is 46.5 Å². The number of para-hydroxylation sites is 1. The number of hydrogen-bond acceptors (Lipinski definition) is 2. The second kappa shape index (κ2) is 3.84. The number of hydrogen-bond donors (Lipinski definition) is 1. The average molecular weight is 244 g/mol. The van der Waals surface area contributed by atoms with Crippen LogP contribution in [0.1, 0.15) is 17.0 Å². The van der Waals surface area contributed by atoms with Gasteiger partial charge in [-0.3, -0.25) is 4.79 Å². The predicted octanol–water partition coefficient (Wildman–Crippen LogP) is 3.15. The highest BCUT2D eigenvalue weighted by Crippen LogP contribution is 2.44. The van der Waals surface area contributed by atoms with Gasteiger partial charge in [0.1, 0.15) is 23.2 Å². The molecule has 2 aromatic carbocycles. The third kappa shape index (κ3) is 1.54. The molecule has 2 aromatic rings. The highest BCUT2D eigenvalue weighted by Gasteiger charge is 2.32. The lowest BCUT2D eigenvalue weighted by atomic mass is 9.88. The molecule has 3 rings (SSSR count). The third-order valence-corrected chi connectivity index (χ3v) is 2.98. The summed E-state index contributed by atoms with van der Waals surface area (Å²) in [4.78, 5) is 11.4. The molecule has 0 fully saturated rings. The maximum Gasteiger partial charge on any atom is 0.315 e. The fourth-order valence-electron chi connectivity index (χ4n) is 2.20. The van der Waals surface area contributed by atoms with E-state index >= 15 is 0 Å². The zero-order valence-electron chi connectivity index (χ0n) is 9.26. The number of carbonyl (C=O) groups is 1. The Morgan fingerprint density at radius 3 is 2.61 bits per heavy atom. The van der Waals surface area contributed by atoms with Crippen LogP contribution in [-0.2, 0) is 4.79 Å². The van der Waals surface area contributed by atoms with E-state index in [0.29, 0.717) is 16.9 Å². The van der Waals surface area contributed by atoms with Crippen LogP contribution in [0.15, 0.2) is 42.5 Å². The number of rotatable bonds is 1. The van der Waals surface area contributed by atoms with Gasteiger partial charge in [0, 0.05) is 17.2 Å². The Labute approximate surface area is 102 Å². The van der Waals surface area contributed by atoms with E-state index in [2.05, 4.69) is 0 Å². The second-order valence-electron chi connectivity index (χ2n) is 4.09. The highest BCUT2D eigenvalue weighted by atomic mass is 19.1. The Hall–Kier alpha value is -2.36. The lowest BCUT2D eigenvalue weighted by Crippen LogP contribution is -2.18. The molecule has 1 unspecified atom stereocenters. The van der Waals surface area contributed by atoms with Gasteiger partial charge in [0.2, 0.25) is 0 Å². The van der Waals surface area contributed by atoms with Gasteiger partial charge in [-0.1, -0.05) is 24.3 Å². The first kappa shape index (κ1) is 10.8. The van der Waals surface area contributed by atoms with Crippen LogP contribution >= 0.6 is 0 Å². The highest BCUT2D eigenvalue weighted by molar-refractivity contribution is 5.83. The fourth-order valence-corrected chi connectivity index (χ4v) is 2.20. The number of benzene rings is 2. The second-order valence-corrected chi connectivity index (χ2v) is 4.09. The van der Waals surface area contributed by atoms with Crippen LogP contribution in [0.2, 0.25) is 0 Å². The summed E-state index contributed by atoms with van der Waals surface area (Å²) in [5.74, 6) is -1.51. The molecule has 1 aliphatic rings. The van der Waals surface area contributed by atoms with Gasteiger partial charge in [-0.25, -0.2) is 4.39 Å². The molecule has 1 N–H and O–H groups in total. The summed E-state index contributed by atoms with van der Waals surface area (Å²) >= 11 is 0. The number of carboxylic acid groups (broad SMARTS) is 1. The van der Waals surface area contributed by atoms with E-state index in [4.69, 9.17) is 4.74 Å². The summed E-state index contributed by atoms with van der Waals surface area (Å²) in [6.07, 6.45) is 0. The normalized spacial score (nSPS) is 16.4. The minimum absolute atomic E-state index is 0.265. The van der Waals surface area contributed by atoms with Crippen LogP contribution in [0.4, 0.5) is 4.39 Å². The van der Waals surface area contributed by atoms with Crippen molar-refractivity contribution in [3.05, 3.63) is 59.4 Å². The van der Waals surface area contributed by atoms with Crippen LogP contribution in [-0.4, -0.2) is 11.1 Å². The molecule has 0 spiro atoms. The van der Waals surface area contributed by atoms with E-state index in [1.807, 2.05) is 0 Å². The average Bonchev–Trinajstić information content (AvgIpc) is 2.35. The largest absolute Gasteiger partial charge is 0.481 e. The van der Waals surface area contributed by atoms with Crippen LogP contribution in [0, 0.1) is 5.82 Å². The van der Waals surface area contributed by atoms with E-state index in [-0.39, 0.29) is 5.75 Å². The first-order valence-corrected chi connectivity index (χ1v) is 5.46. The molecule has 18 heavy (non-hydrogen) atoms. The lowest BCUT2D eigenvalue weighted by molar-refractivity contribution is -0.137. The molecular formula is C14H9FO3. The van der Waals surface area contributed by atoms with Crippen molar-refractivity contribution in [1.82, 2.24) is 0 Å². The van der Waals surface area contributed by atoms with Crippen LogP contribution in [0.25, 0.3) is 0 Å². The standard InChI is InChI=1S/C14H9FO3/c15-8-5-6-10-12(7-8)18-11-4-2-1-3-9(11)13(10)14(16)17/h1-7,13H,(H,16,17). The van der Waals surface area contributed by atoms with Crippen molar-refractivity contribution in [1.29, 1.82) is 0 Å². The molecule has 0 amide bonds. The van der Waals surface area contributed by atoms with E-state index in [0.717, 1.165) is 0 Å². The number of carboxylic acids is 1. The summed E-state index contributed by atoms with van der Waals surface area (Å²) in [5, 5.41) is 9.35. The van der Waals surface area contributed by atoms with Crippen LogP contribution in [0.3, 0.4) is 0 Å². The Balaban J connectivity index is 2.23. The van der Waals surface area contributed by atoms with Crippen molar-refractivity contribution >= 4 is 5.97 Å². The molecule has 1 heterocycles. The monoisotopic (exact) mass is 244 g/mol. The van der Waals surface area contributed by atoms with Crippen molar-refractivity contribution in [2.45, 2.75) is 5.92 Å². The minimum Gasteiger partial charge on any atom is -0.481 e. The van der Waals surface area contributed by atoms with Crippen molar-refractivity contribution in [3.63, 3.8) is 0 Å². The molecule has 4 heteroatoms. The van der Waals surface area contributed by atoms with E-state index < -0.39 is 17.7 Å². The Morgan fingerprint density at radius 1 is 1.11 bits per heavy atom. The number of ether oxygens (including phenoxy) is 1. The zero-order valence-corrected chi connectivity index (χ0v) is 9.26. The fraction of sp³-hybridized carbons (Fsp3) is 0.0714. The smallest absolute Gasteiger partial charge is 0.315 e. The number of aliphatic carboxylic acids is 1. The molecule has 0 radical (unpaired) electrons. The van der Waals surface area contributed by atoms with E-state index in [1.54, 1.807) is 24.3 Å². The number of halogens is 1. The van der Waals surface area contributed by atoms with Crippen molar-refractivity contribution < 1.29 is 19.0 Å². The summed E-state index contributed by atoms with van der Waals surface area (Å²) in [5.41, 5.74) is 1.06. The molecule has 0 aromatic heterocycles. The van der Waals surface area contributed by atoms with E-state index in [1.165, 1.54) is 18.2 Å². The summed E-state index contributed by atoms with van der Waals surface area (Å²) in [6, 6.07) is 10.8. The van der Waals surface area contributed by atoms with Gasteiger partial charge >= 0.3 is 5.97 Å². The van der Waals surface area contributed by atoms with Gasteiger partial charge in [-0.05, 0) is 12.1 Å². The first-order chi connectivity index (χ1) is 8.66. The van der Waals surface area contributed by atoms with Crippen LogP contribution < -0.4 is 4.74 Å². The van der Waals surface area contributed by atoms with Gasteiger partial charge in [-0.2, -0.15) is 0 Å². The summed E-state index contributed by atoms with van der Waals surface area (Å²) < 4.78 is 18.7. The molecule has 1 aliphatic heterocycles. The quantitative estimate of drug-likeness (QED) is 0.838. The number of fused-ring (bicyclic) bond motifs is 2. The molecule has 3 nitrogen and oxygen atoms in total.